The molecular formula is C20H24F3N3OS. The van der Waals surface area contributed by atoms with Gasteiger partial charge in [-0.05, 0) is 18.9 Å². The number of halogens is 3. The number of likely N-dealkylation sites (tertiary alicyclic amines) is 1. The van der Waals surface area contributed by atoms with Crippen molar-refractivity contribution in [2.45, 2.75) is 32.5 Å². The number of thiazole rings is 1. The van der Waals surface area contributed by atoms with E-state index in [4.69, 9.17) is 0 Å². The Morgan fingerprint density at radius 3 is 2.68 bits per heavy atom. The number of rotatable bonds is 7. The average molecular weight is 411 g/mol. The van der Waals surface area contributed by atoms with Crippen molar-refractivity contribution in [3.8, 4) is 0 Å². The van der Waals surface area contributed by atoms with Gasteiger partial charge in [0.25, 0.3) is 0 Å². The molecule has 8 heteroatoms. The van der Waals surface area contributed by atoms with Gasteiger partial charge in [0.1, 0.15) is 0 Å². The molecule has 4 nitrogen and oxygen atoms in total. The Bertz CT molecular complexity index is 779. The van der Waals surface area contributed by atoms with E-state index >= 15 is 0 Å². The number of carbonyl (C=O) groups is 1. The number of hydrogen-bond donors (Lipinski definition) is 1. The lowest BCUT2D eigenvalue weighted by atomic mass is 9.94. The molecule has 0 bridgehead atoms. The minimum Gasteiger partial charge on any atom is -0.356 e. The second-order valence-corrected chi connectivity index (χ2v) is 8.15. The summed E-state index contributed by atoms with van der Waals surface area (Å²) < 4.78 is 40.4. The van der Waals surface area contributed by atoms with Crippen LogP contribution >= 0.6 is 11.3 Å². The Hall–Kier alpha value is -1.93. The van der Waals surface area contributed by atoms with E-state index in [-0.39, 0.29) is 13.1 Å². The third-order valence-corrected chi connectivity index (χ3v) is 5.96. The van der Waals surface area contributed by atoms with Crippen LogP contribution in [0.5, 0.6) is 0 Å². The van der Waals surface area contributed by atoms with Gasteiger partial charge in [0.15, 0.2) is 0 Å². The highest BCUT2D eigenvalue weighted by atomic mass is 32.1. The number of alkyl halides is 3. The van der Waals surface area contributed by atoms with E-state index in [0.717, 1.165) is 16.3 Å². The van der Waals surface area contributed by atoms with Gasteiger partial charge >= 0.3 is 6.18 Å². The fourth-order valence-corrected chi connectivity index (χ4v) is 4.37. The number of carbonyl (C=O) groups excluding carboxylic acids is 1. The number of nitrogens with zero attached hydrogens (tertiary/aromatic N) is 2. The molecule has 1 aliphatic rings. The average Bonchev–Trinajstić information content (AvgIpc) is 3.25. The first-order valence-electron chi connectivity index (χ1n) is 9.34. The van der Waals surface area contributed by atoms with Gasteiger partial charge < -0.3 is 5.32 Å². The predicted octanol–water partition coefficient (Wildman–Crippen LogP) is 3.81. The molecule has 1 aliphatic heterocycles. The number of nitrogens with one attached hydrogen (secondary N) is 1. The molecule has 0 spiro atoms. The first-order chi connectivity index (χ1) is 13.3. The summed E-state index contributed by atoms with van der Waals surface area (Å²) in [5, 5.41) is 5.64. The quantitative estimate of drug-likeness (QED) is 0.705. The molecule has 1 amide bonds. The highest BCUT2D eigenvalue weighted by Gasteiger charge is 2.52. The van der Waals surface area contributed by atoms with Gasteiger partial charge in [0.05, 0.1) is 16.8 Å². The number of aromatic nitrogens is 1. The van der Waals surface area contributed by atoms with Crippen molar-refractivity contribution in [3.05, 3.63) is 52.0 Å². The summed E-state index contributed by atoms with van der Waals surface area (Å²) >= 11 is 1.56. The zero-order chi connectivity index (χ0) is 20.1. The molecule has 2 heterocycles. The molecule has 0 radical (unpaired) electrons. The molecule has 2 atom stereocenters. The molecule has 0 aliphatic carbocycles. The summed E-state index contributed by atoms with van der Waals surface area (Å²) in [5.41, 5.74) is 1.91. The largest absolute Gasteiger partial charge is 0.393 e. The summed E-state index contributed by atoms with van der Waals surface area (Å²) in [6.45, 7) is 2.67. The fourth-order valence-electron chi connectivity index (χ4n) is 3.55. The molecule has 0 saturated carbocycles. The van der Waals surface area contributed by atoms with E-state index in [1.54, 1.807) is 16.2 Å². The molecular weight excluding hydrogens is 387 g/mol. The maximum atomic E-state index is 13.5. The fraction of sp³-hybridized carbons (Fsp3) is 0.500. The van der Waals surface area contributed by atoms with Gasteiger partial charge in [0, 0.05) is 43.7 Å². The molecule has 152 valence electrons. The minimum absolute atomic E-state index is 0.122. The van der Waals surface area contributed by atoms with Crippen molar-refractivity contribution in [1.29, 1.82) is 0 Å². The zero-order valence-corrected chi connectivity index (χ0v) is 16.5. The van der Waals surface area contributed by atoms with Crippen LogP contribution < -0.4 is 5.32 Å². The van der Waals surface area contributed by atoms with Crippen molar-refractivity contribution in [2.24, 2.45) is 11.8 Å². The van der Waals surface area contributed by atoms with Crippen LogP contribution in [-0.4, -0.2) is 41.6 Å². The topological polar surface area (TPSA) is 45.2 Å². The second kappa shape index (κ2) is 9.05. The summed E-state index contributed by atoms with van der Waals surface area (Å²) in [6.07, 6.45) is -3.01. The third kappa shape index (κ3) is 5.54. The van der Waals surface area contributed by atoms with Crippen molar-refractivity contribution in [3.63, 3.8) is 0 Å². The Balaban J connectivity index is 1.53. The van der Waals surface area contributed by atoms with E-state index < -0.39 is 23.9 Å². The summed E-state index contributed by atoms with van der Waals surface area (Å²) in [7, 11) is 0. The van der Waals surface area contributed by atoms with E-state index in [9.17, 15) is 18.0 Å². The third-order valence-electron chi connectivity index (χ3n) is 4.93. The smallest absolute Gasteiger partial charge is 0.356 e. The van der Waals surface area contributed by atoms with Crippen LogP contribution in [0.25, 0.3) is 0 Å². The van der Waals surface area contributed by atoms with Crippen LogP contribution in [-0.2, 0) is 17.8 Å². The highest BCUT2D eigenvalue weighted by Crippen LogP contribution is 2.38. The molecule has 1 aromatic heterocycles. The van der Waals surface area contributed by atoms with Gasteiger partial charge in [-0.1, -0.05) is 30.3 Å². The van der Waals surface area contributed by atoms with Crippen molar-refractivity contribution in [2.75, 3.05) is 19.6 Å². The molecule has 1 saturated heterocycles. The molecule has 0 unspecified atom stereocenters. The van der Waals surface area contributed by atoms with Gasteiger partial charge in [-0.15, -0.1) is 11.3 Å². The lowest BCUT2D eigenvalue weighted by Gasteiger charge is -2.20. The predicted molar refractivity (Wildman–Crippen MR) is 103 cm³/mol. The van der Waals surface area contributed by atoms with E-state index in [1.165, 1.54) is 0 Å². The Morgan fingerprint density at radius 2 is 2.04 bits per heavy atom. The van der Waals surface area contributed by atoms with Gasteiger partial charge in [-0.25, -0.2) is 4.98 Å². The van der Waals surface area contributed by atoms with Crippen LogP contribution in [0.3, 0.4) is 0 Å². The van der Waals surface area contributed by atoms with E-state index in [0.29, 0.717) is 25.9 Å². The summed E-state index contributed by atoms with van der Waals surface area (Å²) in [4.78, 5) is 18.5. The van der Waals surface area contributed by atoms with Gasteiger partial charge in [-0.3, -0.25) is 9.69 Å². The molecule has 1 aromatic carbocycles. The second-order valence-electron chi connectivity index (χ2n) is 7.21. The maximum Gasteiger partial charge on any atom is 0.393 e. The normalized spacial score (nSPS) is 20.4. The first kappa shape index (κ1) is 20.8. The number of aryl methyl sites for hydroxylation is 2. The van der Waals surface area contributed by atoms with Crippen molar-refractivity contribution < 1.29 is 18.0 Å². The highest BCUT2D eigenvalue weighted by molar-refractivity contribution is 7.09. The van der Waals surface area contributed by atoms with E-state index in [1.807, 2.05) is 42.6 Å². The van der Waals surface area contributed by atoms with E-state index in [2.05, 4.69) is 10.3 Å². The molecule has 2 aromatic rings. The monoisotopic (exact) mass is 411 g/mol. The first-order valence-corrected chi connectivity index (χ1v) is 10.2. The SMILES string of the molecule is Cc1csc(CCCNC(=O)[C@H]2CN(Cc3ccccc3)C[C@H]2C(F)(F)F)n1. The lowest BCUT2D eigenvalue weighted by Crippen LogP contribution is -2.40. The minimum atomic E-state index is -4.38. The van der Waals surface area contributed by atoms with Crippen LogP contribution in [0.4, 0.5) is 13.2 Å². The van der Waals surface area contributed by atoms with Crippen molar-refractivity contribution in [1.82, 2.24) is 15.2 Å². The molecule has 1 fully saturated rings. The number of benzene rings is 1. The van der Waals surface area contributed by atoms with Crippen LogP contribution in [0.1, 0.15) is 22.7 Å². The van der Waals surface area contributed by atoms with Gasteiger partial charge in [-0.2, -0.15) is 13.2 Å². The molecule has 3 rings (SSSR count). The molecule has 1 N–H and O–H groups in total. The zero-order valence-electron chi connectivity index (χ0n) is 15.7. The Kier molecular flexibility index (Phi) is 6.72. The lowest BCUT2D eigenvalue weighted by molar-refractivity contribution is -0.183. The summed E-state index contributed by atoms with van der Waals surface area (Å²) in [6, 6.07) is 9.36. The van der Waals surface area contributed by atoms with Crippen LogP contribution in [0.2, 0.25) is 0 Å². The van der Waals surface area contributed by atoms with Gasteiger partial charge in [0.2, 0.25) is 5.91 Å². The van der Waals surface area contributed by atoms with Crippen LogP contribution in [0, 0.1) is 18.8 Å². The Labute approximate surface area is 166 Å². The number of amides is 1. The maximum absolute atomic E-state index is 13.5. The van der Waals surface area contributed by atoms with Crippen LogP contribution in [0.15, 0.2) is 35.7 Å². The standard InChI is InChI=1S/C20H24F3N3OS/c1-14-13-28-18(25-14)8-5-9-24-19(27)16-11-26(12-17(16)20(21,22)23)10-15-6-3-2-4-7-15/h2-4,6-7,13,16-17H,5,8-12H2,1H3,(H,24,27)/t16-,17+/m0/s1. The number of hydrogen-bond acceptors (Lipinski definition) is 4. The summed E-state index contributed by atoms with van der Waals surface area (Å²) in [5.74, 6) is -3.20. The Morgan fingerprint density at radius 1 is 1.29 bits per heavy atom. The molecule has 28 heavy (non-hydrogen) atoms. The van der Waals surface area contributed by atoms with Crippen molar-refractivity contribution >= 4 is 17.2 Å².